The van der Waals surface area contributed by atoms with E-state index in [1.54, 1.807) is 49.4 Å². The Morgan fingerprint density at radius 2 is 1.93 bits per heavy atom. The molecule has 1 fully saturated rings. The van der Waals surface area contributed by atoms with Crippen molar-refractivity contribution in [1.29, 1.82) is 5.26 Å². The Kier molecular flexibility index (Phi) is 7.48. The molecule has 0 saturated carbocycles. The van der Waals surface area contributed by atoms with Crippen LogP contribution in [-0.2, 0) is 20.7 Å². The van der Waals surface area contributed by atoms with E-state index in [1.165, 1.54) is 4.90 Å². The molecule has 154 valence electrons. The van der Waals surface area contributed by atoms with Crippen LogP contribution in [0.3, 0.4) is 0 Å². The number of thioether (sulfide) groups is 1. The average molecular weight is 526 g/mol. The fraction of sp³-hybridized carbons (Fsp3) is 0.190. The zero-order valence-corrected chi connectivity index (χ0v) is 19.6. The minimum Gasteiger partial charge on any atom is -0.462 e. The van der Waals surface area contributed by atoms with Crippen LogP contribution in [0.4, 0.5) is 5.69 Å². The number of benzene rings is 2. The molecule has 0 aromatic heterocycles. The Labute approximate surface area is 196 Å². The first kappa shape index (κ1) is 22.7. The SMILES string of the molecule is CCOC(=O)/C(C#N)=C1\SC(Cc2ccc(Cl)c(Cl)c2)C(=O)N1c1ccc(Br)cc1. The van der Waals surface area contributed by atoms with Crippen molar-refractivity contribution in [2.75, 3.05) is 11.5 Å². The molecule has 0 bridgehead atoms. The summed E-state index contributed by atoms with van der Waals surface area (Å²) >= 11 is 16.6. The third kappa shape index (κ3) is 4.84. The Bertz CT molecular complexity index is 1070. The molecule has 0 radical (unpaired) electrons. The van der Waals surface area contributed by atoms with Crippen molar-refractivity contribution in [3.05, 3.63) is 73.1 Å². The lowest BCUT2D eigenvalue weighted by atomic mass is 10.1. The number of nitrogens with zero attached hydrogens (tertiary/aromatic N) is 2. The average Bonchev–Trinajstić information content (AvgIpc) is 3.02. The molecule has 3 rings (SSSR count). The Hall–Kier alpha value is -1.98. The molecule has 0 spiro atoms. The first-order chi connectivity index (χ1) is 14.3. The van der Waals surface area contributed by atoms with Crippen molar-refractivity contribution >= 4 is 68.5 Å². The van der Waals surface area contributed by atoms with Crippen molar-refractivity contribution in [2.24, 2.45) is 0 Å². The maximum absolute atomic E-state index is 13.3. The molecular weight excluding hydrogens is 511 g/mol. The van der Waals surface area contributed by atoms with Crippen LogP contribution < -0.4 is 4.90 Å². The molecule has 30 heavy (non-hydrogen) atoms. The molecular formula is C21H15BrCl2N2O3S. The number of hydrogen-bond acceptors (Lipinski definition) is 5. The summed E-state index contributed by atoms with van der Waals surface area (Å²) in [7, 11) is 0. The summed E-state index contributed by atoms with van der Waals surface area (Å²) in [6.07, 6.45) is 0.360. The third-order valence-electron chi connectivity index (χ3n) is 4.25. The van der Waals surface area contributed by atoms with E-state index in [0.29, 0.717) is 22.2 Å². The molecule has 1 heterocycles. The van der Waals surface area contributed by atoms with Gasteiger partial charge in [0.2, 0.25) is 5.91 Å². The summed E-state index contributed by atoms with van der Waals surface area (Å²) < 4.78 is 5.86. The standard InChI is InChI=1S/C21H15BrCl2N2O3S/c1-2-29-21(28)15(11-25)20-26(14-6-4-13(22)5-7-14)19(27)18(30-20)10-12-3-8-16(23)17(24)9-12/h3-9,18H,2,10H2,1H3/b20-15-. The second kappa shape index (κ2) is 9.88. The largest absolute Gasteiger partial charge is 0.462 e. The van der Waals surface area contributed by atoms with Gasteiger partial charge in [-0.3, -0.25) is 9.69 Å². The number of carbonyl (C=O) groups is 2. The van der Waals surface area contributed by atoms with Crippen molar-refractivity contribution < 1.29 is 14.3 Å². The van der Waals surface area contributed by atoms with Gasteiger partial charge in [0.1, 0.15) is 11.1 Å². The first-order valence-corrected chi connectivity index (χ1v) is 11.3. The third-order valence-corrected chi connectivity index (χ3v) is 6.78. The van der Waals surface area contributed by atoms with Crippen LogP contribution in [0.1, 0.15) is 12.5 Å². The highest BCUT2D eigenvalue weighted by atomic mass is 79.9. The minimum absolute atomic E-state index is 0.126. The van der Waals surface area contributed by atoms with Crippen LogP contribution >= 0.6 is 50.9 Å². The smallest absolute Gasteiger partial charge is 0.351 e. The molecule has 5 nitrogen and oxygen atoms in total. The maximum atomic E-state index is 13.3. The fourth-order valence-electron chi connectivity index (χ4n) is 2.88. The molecule has 0 N–H and O–H groups in total. The Morgan fingerprint density at radius 3 is 2.53 bits per heavy atom. The number of anilines is 1. The molecule has 1 unspecified atom stereocenters. The van der Waals surface area contributed by atoms with Gasteiger partial charge in [0, 0.05) is 10.2 Å². The van der Waals surface area contributed by atoms with Crippen LogP contribution in [-0.4, -0.2) is 23.7 Å². The van der Waals surface area contributed by atoms with E-state index in [0.717, 1.165) is 21.8 Å². The van der Waals surface area contributed by atoms with Crippen molar-refractivity contribution in [1.82, 2.24) is 0 Å². The van der Waals surface area contributed by atoms with E-state index in [4.69, 9.17) is 27.9 Å². The lowest BCUT2D eigenvalue weighted by Crippen LogP contribution is -2.30. The summed E-state index contributed by atoms with van der Waals surface area (Å²) in [5, 5.41) is 10.2. The highest BCUT2D eigenvalue weighted by molar-refractivity contribution is 9.10. The van der Waals surface area contributed by atoms with Crippen LogP contribution in [0, 0.1) is 11.3 Å². The van der Waals surface area contributed by atoms with Gasteiger partial charge in [-0.1, -0.05) is 57.0 Å². The zero-order chi connectivity index (χ0) is 21.8. The molecule has 1 atom stereocenters. The Morgan fingerprint density at radius 1 is 1.23 bits per heavy atom. The van der Waals surface area contributed by atoms with E-state index in [9.17, 15) is 14.9 Å². The summed E-state index contributed by atoms with van der Waals surface area (Å²) in [5.41, 5.74) is 1.18. The topological polar surface area (TPSA) is 70.4 Å². The van der Waals surface area contributed by atoms with Gasteiger partial charge >= 0.3 is 5.97 Å². The van der Waals surface area contributed by atoms with Crippen LogP contribution in [0.15, 0.2) is 57.5 Å². The van der Waals surface area contributed by atoms with Crippen LogP contribution in [0.5, 0.6) is 0 Å². The number of hydrogen-bond donors (Lipinski definition) is 0. The number of nitriles is 1. The predicted octanol–water partition coefficient (Wildman–Crippen LogP) is 5.75. The van der Waals surface area contributed by atoms with E-state index < -0.39 is 11.2 Å². The van der Waals surface area contributed by atoms with Crippen LogP contribution in [0.25, 0.3) is 0 Å². The molecule has 1 aliphatic rings. The summed E-state index contributed by atoms with van der Waals surface area (Å²) in [6, 6.07) is 14.1. The van der Waals surface area contributed by atoms with E-state index in [2.05, 4.69) is 15.9 Å². The fourth-order valence-corrected chi connectivity index (χ4v) is 4.77. The normalized spacial score (nSPS) is 17.6. The molecule has 1 amide bonds. The second-order valence-corrected chi connectivity index (χ2v) is 9.14. The quantitative estimate of drug-likeness (QED) is 0.282. The number of rotatable bonds is 5. The lowest BCUT2D eigenvalue weighted by molar-refractivity contribution is -0.138. The number of ether oxygens (including phenoxy) is 1. The van der Waals surface area contributed by atoms with Gasteiger partial charge in [-0.25, -0.2) is 4.79 Å². The van der Waals surface area contributed by atoms with Gasteiger partial charge in [-0.15, -0.1) is 0 Å². The van der Waals surface area contributed by atoms with E-state index in [1.807, 2.05) is 6.07 Å². The molecule has 0 aliphatic carbocycles. The number of halogens is 3. The maximum Gasteiger partial charge on any atom is 0.351 e. The monoisotopic (exact) mass is 524 g/mol. The Balaban J connectivity index is 2.03. The summed E-state index contributed by atoms with van der Waals surface area (Å²) in [5.74, 6) is -0.993. The zero-order valence-electron chi connectivity index (χ0n) is 15.7. The lowest BCUT2D eigenvalue weighted by Gasteiger charge is -2.18. The van der Waals surface area contributed by atoms with E-state index in [-0.39, 0.29) is 23.1 Å². The summed E-state index contributed by atoms with van der Waals surface area (Å²) in [4.78, 5) is 27.0. The molecule has 9 heteroatoms. The van der Waals surface area contributed by atoms with Crippen molar-refractivity contribution in [3.63, 3.8) is 0 Å². The number of esters is 1. The predicted molar refractivity (Wildman–Crippen MR) is 122 cm³/mol. The second-order valence-electron chi connectivity index (χ2n) is 6.22. The first-order valence-electron chi connectivity index (χ1n) is 8.87. The van der Waals surface area contributed by atoms with Crippen molar-refractivity contribution in [3.8, 4) is 6.07 Å². The molecule has 1 aliphatic heterocycles. The van der Waals surface area contributed by atoms with Gasteiger partial charge in [-0.2, -0.15) is 5.26 Å². The minimum atomic E-state index is -0.757. The van der Waals surface area contributed by atoms with Crippen molar-refractivity contribution in [2.45, 2.75) is 18.6 Å². The van der Waals surface area contributed by atoms with Gasteiger partial charge in [0.25, 0.3) is 0 Å². The van der Waals surface area contributed by atoms with Crippen LogP contribution in [0.2, 0.25) is 10.0 Å². The van der Waals surface area contributed by atoms with Gasteiger partial charge in [0.05, 0.1) is 21.9 Å². The van der Waals surface area contributed by atoms with Gasteiger partial charge < -0.3 is 4.74 Å². The summed E-state index contributed by atoms with van der Waals surface area (Å²) in [6.45, 7) is 1.78. The number of carbonyl (C=O) groups excluding carboxylic acids is 2. The van der Waals surface area contributed by atoms with Gasteiger partial charge in [-0.05, 0) is 55.3 Å². The highest BCUT2D eigenvalue weighted by Crippen LogP contribution is 2.42. The van der Waals surface area contributed by atoms with Gasteiger partial charge in [0.15, 0.2) is 5.57 Å². The number of amides is 1. The highest BCUT2D eigenvalue weighted by Gasteiger charge is 2.41. The van der Waals surface area contributed by atoms with E-state index >= 15 is 0 Å². The molecule has 2 aromatic rings. The molecule has 1 saturated heterocycles. The molecule has 2 aromatic carbocycles.